The largest absolute Gasteiger partial charge is 0.257 e. The molecule has 0 aromatic heterocycles. The second-order valence-corrected chi connectivity index (χ2v) is 5.12. The van der Waals surface area contributed by atoms with E-state index in [0.29, 0.717) is 0 Å². The van der Waals surface area contributed by atoms with E-state index in [9.17, 15) is 0 Å². The smallest absolute Gasteiger partial charge is 0.0665 e. The second-order valence-electron chi connectivity index (χ2n) is 5.12. The molecule has 0 saturated heterocycles. The molecule has 0 aliphatic carbocycles. The van der Waals surface area contributed by atoms with Gasteiger partial charge in [0.15, 0.2) is 0 Å². The first-order valence-corrected chi connectivity index (χ1v) is 5.14. The Labute approximate surface area is 85.9 Å². The van der Waals surface area contributed by atoms with E-state index in [2.05, 4.69) is 50.9 Å². The van der Waals surface area contributed by atoms with Crippen molar-refractivity contribution in [2.24, 2.45) is 4.99 Å². The summed E-state index contributed by atoms with van der Waals surface area (Å²) in [4.78, 5) is 4.49. The third kappa shape index (κ3) is 1.59. The highest BCUT2D eigenvalue weighted by atomic mass is 14.8. The average molecular weight is 187 g/mol. The highest BCUT2D eigenvalue weighted by molar-refractivity contribution is 5.92. The van der Waals surface area contributed by atoms with Crippen molar-refractivity contribution >= 4 is 11.4 Å². The molecule has 0 fully saturated rings. The minimum atomic E-state index is 0.242. The Kier molecular flexibility index (Phi) is 1.99. The average Bonchev–Trinajstić information content (AvgIpc) is 2.41. The van der Waals surface area contributed by atoms with Crippen LogP contribution < -0.4 is 0 Å². The number of nitrogens with zero attached hydrogens (tertiary/aromatic N) is 1. The van der Waals surface area contributed by atoms with Crippen LogP contribution in [0.25, 0.3) is 0 Å². The van der Waals surface area contributed by atoms with Gasteiger partial charge in [0.25, 0.3) is 0 Å². The van der Waals surface area contributed by atoms with Gasteiger partial charge in [0.05, 0.1) is 5.69 Å². The Morgan fingerprint density at radius 3 is 2.57 bits per heavy atom. The lowest BCUT2D eigenvalue weighted by Gasteiger charge is -2.19. The Bertz CT molecular complexity index is 394. The number of fused-ring (bicyclic) bond motifs is 1. The zero-order valence-electron chi connectivity index (χ0n) is 9.39. The molecule has 0 saturated carbocycles. The van der Waals surface area contributed by atoms with Gasteiger partial charge in [-0.1, -0.05) is 32.9 Å². The van der Waals surface area contributed by atoms with Gasteiger partial charge in [-0.15, -0.1) is 0 Å². The van der Waals surface area contributed by atoms with Crippen LogP contribution in [0, 0.1) is 0 Å². The van der Waals surface area contributed by atoms with Crippen LogP contribution in [0.1, 0.15) is 38.8 Å². The van der Waals surface area contributed by atoms with Crippen molar-refractivity contribution in [2.45, 2.75) is 39.5 Å². The maximum absolute atomic E-state index is 4.49. The van der Waals surface area contributed by atoms with E-state index in [1.165, 1.54) is 16.8 Å². The molecule has 0 bridgehead atoms. The maximum Gasteiger partial charge on any atom is 0.0665 e. The number of hydrogen-bond acceptors (Lipinski definition) is 1. The van der Waals surface area contributed by atoms with Crippen LogP contribution in [0.15, 0.2) is 23.2 Å². The van der Waals surface area contributed by atoms with E-state index in [1.807, 2.05) is 0 Å². The zero-order valence-corrected chi connectivity index (χ0v) is 9.39. The molecule has 0 N–H and O–H groups in total. The summed E-state index contributed by atoms with van der Waals surface area (Å²) >= 11 is 0. The summed E-state index contributed by atoms with van der Waals surface area (Å²) in [5.74, 6) is 0. The van der Waals surface area contributed by atoms with E-state index in [1.54, 1.807) is 0 Å². The molecule has 1 aliphatic rings. The van der Waals surface area contributed by atoms with Crippen LogP contribution in [0.5, 0.6) is 0 Å². The van der Waals surface area contributed by atoms with Gasteiger partial charge in [-0.2, -0.15) is 0 Å². The van der Waals surface area contributed by atoms with Crippen molar-refractivity contribution in [3.63, 3.8) is 0 Å². The Balaban J connectivity index is 2.42. The first-order valence-electron chi connectivity index (χ1n) is 5.14. The van der Waals surface area contributed by atoms with Gasteiger partial charge >= 0.3 is 0 Å². The predicted octanol–water partition coefficient (Wildman–Crippen LogP) is 3.63. The first kappa shape index (κ1) is 9.45. The summed E-state index contributed by atoms with van der Waals surface area (Å²) in [6.07, 6.45) is 1.03. The fraction of sp³-hybridized carbons (Fsp3) is 0.462. The van der Waals surface area contributed by atoms with Crippen LogP contribution >= 0.6 is 0 Å². The Hall–Kier alpha value is -1.11. The highest BCUT2D eigenvalue weighted by Gasteiger charge is 2.17. The summed E-state index contributed by atoms with van der Waals surface area (Å²) in [6, 6.07) is 6.64. The molecular formula is C13H17N. The minimum absolute atomic E-state index is 0.242. The highest BCUT2D eigenvalue weighted by Crippen LogP contribution is 2.31. The second kappa shape index (κ2) is 2.94. The predicted molar refractivity (Wildman–Crippen MR) is 61.6 cm³/mol. The monoisotopic (exact) mass is 187 g/mol. The summed E-state index contributed by atoms with van der Waals surface area (Å²) in [7, 11) is 0. The van der Waals surface area contributed by atoms with Crippen LogP contribution in [0.4, 0.5) is 5.69 Å². The van der Waals surface area contributed by atoms with Gasteiger partial charge in [-0.3, -0.25) is 4.99 Å². The number of rotatable bonds is 0. The van der Waals surface area contributed by atoms with Crippen molar-refractivity contribution < 1.29 is 0 Å². The van der Waals surface area contributed by atoms with Crippen LogP contribution in [0.2, 0.25) is 0 Å². The van der Waals surface area contributed by atoms with Gasteiger partial charge in [-0.25, -0.2) is 0 Å². The zero-order chi connectivity index (χ0) is 10.3. The lowest BCUT2D eigenvalue weighted by Crippen LogP contribution is -2.11. The van der Waals surface area contributed by atoms with Gasteiger partial charge in [0, 0.05) is 12.1 Å². The van der Waals surface area contributed by atoms with E-state index >= 15 is 0 Å². The van der Waals surface area contributed by atoms with Crippen molar-refractivity contribution in [1.82, 2.24) is 0 Å². The standard InChI is InChI=1S/C13H17N/c1-9-7-10-8-11(13(2,3)4)5-6-12(10)14-9/h5-6,8H,7H2,1-4H3. The topological polar surface area (TPSA) is 12.4 Å². The quantitative estimate of drug-likeness (QED) is 0.588. The molecule has 1 heteroatoms. The molecular weight excluding hydrogens is 170 g/mol. The lowest BCUT2D eigenvalue weighted by atomic mass is 9.86. The lowest BCUT2D eigenvalue weighted by molar-refractivity contribution is 0.590. The van der Waals surface area contributed by atoms with Crippen LogP contribution in [-0.2, 0) is 11.8 Å². The SMILES string of the molecule is CC1=Nc2ccc(C(C)(C)C)cc2C1. The van der Waals surface area contributed by atoms with Crippen LogP contribution in [-0.4, -0.2) is 5.71 Å². The first-order chi connectivity index (χ1) is 6.47. The third-order valence-corrected chi connectivity index (χ3v) is 2.70. The van der Waals surface area contributed by atoms with E-state index in [0.717, 1.165) is 12.1 Å². The molecule has 0 unspecified atom stereocenters. The fourth-order valence-corrected chi connectivity index (χ4v) is 1.82. The molecule has 2 rings (SSSR count). The van der Waals surface area contributed by atoms with Crippen molar-refractivity contribution in [3.8, 4) is 0 Å². The van der Waals surface area contributed by atoms with E-state index in [-0.39, 0.29) is 5.41 Å². The van der Waals surface area contributed by atoms with Gasteiger partial charge in [0.1, 0.15) is 0 Å². The van der Waals surface area contributed by atoms with Crippen molar-refractivity contribution in [2.75, 3.05) is 0 Å². The van der Waals surface area contributed by atoms with E-state index < -0.39 is 0 Å². The Morgan fingerprint density at radius 2 is 1.93 bits per heavy atom. The van der Waals surface area contributed by atoms with Gasteiger partial charge < -0.3 is 0 Å². The summed E-state index contributed by atoms with van der Waals surface area (Å²) in [5.41, 5.74) is 5.42. The molecule has 1 heterocycles. The number of benzene rings is 1. The fourth-order valence-electron chi connectivity index (χ4n) is 1.82. The van der Waals surface area contributed by atoms with Crippen LogP contribution in [0.3, 0.4) is 0 Å². The Morgan fingerprint density at radius 1 is 1.21 bits per heavy atom. The molecule has 1 nitrogen and oxygen atoms in total. The molecule has 1 aromatic rings. The van der Waals surface area contributed by atoms with E-state index in [4.69, 9.17) is 0 Å². The van der Waals surface area contributed by atoms with Crippen molar-refractivity contribution in [1.29, 1.82) is 0 Å². The molecule has 0 spiro atoms. The maximum atomic E-state index is 4.49. The molecule has 74 valence electrons. The summed E-state index contributed by atoms with van der Waals surface area (Å²) in [6.45, 7) is 8.84. The third-order valence-electron chi connectivity index (χ3n) is 2.70. The number of hydrogen-bond donors (Lipinski definition) is 0. The van der Waals surface area contributed by atoms with Gasteiger partial charge in [-0.05, 0) is 29.5 Å². The molecule has 14 heavy (non-hydrogen) atoms. The van der Waals surface area contributed by atoms with Crippen molar-refractivity contribution in [3.05, 3.63) is 29.3 Å². The summed E-state index contributed by atoms with van der Waals surface area (Å²) < 4.78 is 0. The molecule has 0 atom stereocenters. The molecule has 0 radical (unpaired) electrons. The molecule has 1 aliphatic heterocycles. The molecule has 0 amide bonds. The molecule has 1 aromatic carbocycles. The normalized spacial score (nSPS) is 15.3. The van der Waals surface area contributed by atoms with Gasteiger partial charge in [0.2, 0.25) is 0 Å². The minimum Gasteiger partial charge on any atom is -0.257 e. The summed E-state index contributed by atoms with van der Waals surface area (Å²) in [5, 5.41) is 0. The number of aliphatic imine (C=N–C) groups is 1.